The molecule has 0 unspecified atom stereocenters. The SMILES string of the molecule is CC(C)(C)ON=C(c1cc(C#N)ccc1O)c1ncccc1O. The summed E-state index contributed by atoms with van der Waals surface area (Å²) < 4.78 is 0. The standard InChI is InChI=1S/C17H17N3O3/c1-17(2,3)23-20-15(16-14(22)5-4-8-19-16)12-9-11(10-18)6-7-13(12)21/h4-9,21-22H,1-3H3. The predicted molar refractivity (Wildman–Crippen MR) is 85.2 cm³/mol. The Morgan fingerprint density at radius 3 is 2.57 bits per heavy atom. The normalized spacial score (nSPS) is 11.8. The van der Waals surface area contributed by atoms with Gasteiger partial charge in [0, 0.05) is 11.8 Å². The maximum absolute atomic E-state index is 10.1. The van der Waals surface area contributed by atoms with Gasteiger partial charge in [-0.15, -0.1) is 0 Å². The summed E-state index contributed by atoms with van der Waals surface area (Å²) in [4.78, 5) is 9.52. The quantitative estimate of drug-likeness (QED) is 0.670. The van der Waals surface area contributed by atoms with Gasteiger partial charge in [-0.3, -0.25) is 4.98 Å². The molecule has 0 fully saturated rings. The van der Waals surface area contributed by atoms with Crippen LogP contribution in [0.25, 0.3) is 0 Å². The van der Waals surface area contributed by atoms with E-state index in [0.717, 1.165) is 0 Å². The predicted octanol–water partition coefficient (Wildman–Crippen LogP) is 2.93. The minimum absolute atomic E-state index is 0.0923. The lowest BCUT2D eigenvalue weighted by molar-refractivity contribution is 0.00109. The highest BCUT2D eigenvalue weighted by molar-refractivity contribution is 6.14. The van der Waals surface area contributed by atoms with Crippen LogP contribution >= 0.6 is 0 Å². The number of aromatic nitrogens is 1. The molecule has 0 aliphatic rings. The Morgan fingerprint density at radius 1 is 1.22 bits per heavy atom. The van der Waals surface area contributed by atoms with Gasteiger partial charge in [0.05, 0.1) is 11.6 Å². The summed E-state index contributed by atoms with van der Waals surface area (Å²) in [6.07, 6.45) is 1.49. The zero-order valence-electron chi connectivity index (χ0n) is 13.1. The van der Waals surface area contributed by atoms with Crippen LogP contribution in [0.2, 0.25) is 0 Å². The van der Waals surface area contributed by atoms with Crippen LogP contribution in [-0.4, -0.2) is 26.5 Å². The third kappa shape index (κ3) is 3.98. The van der Waals surface area contributed by atoms with Crippen molar-refractivity contribution in [1.29, 1.82) is 5.26 Å². The van der Waals surface area contributed by atoms with Crippen LogP contribution < -0.4 is 0 Å². The minimum atomic E-state index is -0.571. The molecule has 0 saturated heterocycles. The molecule has 23 heavy (non-hydrogen) atoms. The molecule has 0 saturated carbocycles. The van der Waals surface area contributed by atoms with Gasteiger partial charge in [0.15, 0.2) is 0 Å². The van der Waals surface area contributed by atoms with Crippen LogP contribution in [0.3, 0.4) is 0 Å². The van der Waals surface area contributed by atoms with Crippen molar-refractivity contribution in [3.63, 3.8) is 0 Å². The first-order valence-corrected chi connectivity index (χ1v) is 6.96. The van der Waals surface area contributed by atoms with Crippen LogP contribution in [0.1, 0.15) is 37.6 Å². The Kier molecular flexibility index (Phi) is 4.51. The van der Waals surface area contributed by atoms with E-state index in [0.29, 0.717) is 5.56 Å². The zero-order valence-corrected chi connectivity index (χ0v) is 13.1. The van der Waals surface area contributed by atoms with Gasteiger partial charge >= 0.3 is 0 Å². The fourth-order valence-electron chi connectivity index (χ4n) is 1.78. The van der Waals surface area contributed by atoms with Crippen LogP contribution in [0.4, 0.5) is 0 Å². The first kappa shape index (κ1) is 16.3. The van der Waals surface area contributed by atoms with Crippen molar-refractivity contribution in [2.75, 3.05) is 0 Å². The molecule has 1 heterocycles. The van der Waals surface area contributed by atoms with Crippen LogP contribution in [0.15, 0.2) is 41.7 Å². The van der Waals surface area contributed by atoms with Crippen molar-refractivity contribution in [3.8, 4) is 17.6 Å². The van der Waals surface area contributed by atoms with Crippen molar-refractivity contribution in [2.45, 2.75) is 26.4 Å². The molecule has 2 aromatic rings. The Hall–Kier alpha value is -3.07. The van der Waals surface area contributed by atoms with E-state index in [-0.39, 0.29) is 28.5 Å². The third-order valence-electron chi connectivity index (χ3n) is 2.80. The summed E-state index contributed by atoms with van der Waals surface area (Å²) >= 11 is 0. The molecule has 0 aliphatic heterocycles. The number of hydrogen-bond acceptors (Lipinski definition) is 6. The number of aromatic hydroxyl groups is 2. The highest BCUT2D eigenvalue weighted by Crippen LogP contribution is 2.26. The van der Waals surface area contributed by atoms with Gasteiger partial charge in [0.25, 0.3) is 0 Å². The molecule has 0 spiro atoms. The molecule has 0 bridgehead atoms. The second-order valence-electron chi connectivity index (χ2n) is 5.86. The van der Waals surface area contributed by atoms with E-state index < -0.39 is 5.60 Å². The van der Waals surface area contributed by atoms with E-state index in [9.17, 15) is 10.2 Å². The molecule has 1 aromatic carbocycles. The summed E-state index contributed by atoms with van der Waals surface area (Å²) in [6.45, 7) is 5.45. The number of phenolic OH excluding ortho intramolecular Hbond substituents is 1. The Bertz CT molecular complexity index is 786. The van der Waals surface area contributed by atoms with E-state index in [1.807, 2.05) is 26.8 Å². The van der Waals surface area contributed by atoms with E-state index in [4.69, 9.17) is 10.1 Å². The number of phenols is 1. The fourth-order valence-corrected chi connectivity index (χ4v) is 1.78. The number of nitriles is 1. The molecule has 1 aromatic heterocycles. The van der Waals surface area contributed by atoms with Gasteiger partial charge in [-0.25, -0.2) is 0 Å². The lowest BCUT2D eigenvalue weighted by Gasteiger charge is -2.17. The van der Waals surface area contributed by atoms with Crippen LogP contribution in [0.5, 0.6) is 11.5 Å². The summed E-state index contributed by atoms with van der Waals surface area (Å²) in [5.41, 5.74) is 0.326. The number of hydrogen-bond donors (Lipinski definition) is 2. The van der Waals surface area contributed by atoms with Crippen molar-refractivity contribution < 1.29 is 15.1 Å². The molecule has 6 nitrogen and oxygen atoms in total. The van der Waals surface area contributed by atoms with Gasteiger partial charge in [-0.1, -0.05) is 5.16 Å². The van der Waals surface area contributed by atoms with Gasteiger partial charge in [-0.2, -0.15) is 5.26 Å². The molecule has 118 valence electrons. The van der Waals surface area contributed by atoms with Gasteiger partial charge in [-0.05, 0) is 51.1 Å². The molecule has 0 aliphatic carbocycles. The molecule has 2 N–H and O–H groups in total. The average Bonchev–Trinajstić information content (AvgIpc) is 2.49. The third-order valence-corrected chi connectivity index (χ3v) is 2.80. The molecule has 0 atom stereocenters. The molecule has 0 amide bonds. The van der Waals surface area contributed by atoms with Crippen molar-refractivity contribution in [2.24, 2.45) is 5.16 Å². The summed E-state index contributed by atoms with van der Waals surface area (Å²) in [6, 6.07) is 9.37. The second kappa shape index (κ2) is 6.36. The first-order chi connectivity index (χ1) is 10.8. The zero-order chi connectivity index (χ0) is 17.0. The number of pyridine rings is 1. The van der Waals surface area contributed by atoms with E-state index in [1.165, 1.54) is 30.5 Å². The topological polar surface area (TPSA) is 98.7 Å². The Labute approximate surface area is 134 Å². The smallest absolute Gasteiger partial charge is 0.143 e. The first-order valence-electron chi connectivity index (χ1n) is 6.96. The number of nitrogens with zero attached hydrogens (tertiary/aromatic N) is 3. The molecule has 6 heteroatoms. The number of oxime groups is 1. The highest BCUT2D eigenvalue weighted by Gasteiger charge is 2.20. The van der Waals surface area contributed by atoms with Crippen molar-refractivity contribution >= 4 is 5.71 Å². The molecular formula is C17H17N3O3. The Balaban J connectivity index is 2.64. The Morgan fingerprint density at radius 2 is 1.96 bits per heavy atom. The molecule has 2 rings (SSSR count). The number of rotatable bonds is 3. The van der Waals surface area contributed by atoms with Gasteiger partial charge in [0.2, 0.25) is 0 Å². The van der Waals surface area contributed by atoms with Crippen molar-refractivity contribution in [3.05, 3.63) is 53.3 Å². The van der Waals surface area contributed by atoms with E-state index in [2.05, 4.69) is 10.1 Å². The summed E-state index contributed by atoms with van der Waals surface area (Å²) in [5.74, 6) is -0.198. The van der Waals surface area contributed by atoms with E-state index in [1.54, 1.807) is 6.07 Å². The monoisotopic (exact) mass is 311 g/mol. The highest BCUT2D eigenvalue weighted by atomic mass is 16.6. The summed E-state index contributed by atoms with van der Waals surface area (Å²) in [7, 11) is 0. The lowest BCUT2D eigenvalue weighted by Crippen LogP contribution is -2.18. The maximum atomic E-state index is 10.1. The lowest BCUT2D eigenvalue weighted by atomic mass is 10.0. The summed E-state index contributed by atoms with van der Waals surface area (Å²) in [5, 5.41) is 33.3. The average molecular weight is 311 g/mol. The van der Waals surface area contributed by atoms with Crippen LogP contribution in [-0.2, 0) is 4.84 Å². The maximum Gasteiger partial charge on any atom is 0.143 e. The second-order valence-corrected chi connectivity index (χ2v) is 5.86. The largest absolute Gasteiger partial charge is 0.507 e. The van der Waals surface area contributed by atoms with E-state index >= 15 is 0 Å². The molecule has 0 radical (unpaired) electrons. The minimum Gasteiger partial charge on any atom is -0.507 e. The number of benzene rings is 1. The van der Waals surface area contributed by atoms with Gasteiger partial charge in [0.1, 0.15) is 28.5 Å². The molecular weight excluding hydrogens is 294 g/mol. The van der Waals surface area contributed by atoms with Crippen LogP contribution in [0, 0.1) is 11.3 Å². The van der Waals surface area contributed by atoms with Crippen molar-refractivity contribution in [1.82, 2.24) is 4.98 Å². The van der Waals surface area contributed by atoms with Gasteiger partial charge < -0.3 is 15.1 Å². The fraction of sp³-hybridized carbons (Fsp3) is 0.235.